The first kappa shape index (κ1) is 20.2. The van der Waals surface area contributed by atoms with E-state index < -0.39 is 8.32 Å². The van der Waals surface area contributed by atoms with Crippen LogP contribution >= 0.6 is 11.6 Å². The predicted octanol–water partition coefficient (Wildman–Crippen LogP) is 5.22. The van der Waals surface area contributed by atoms with E-state index in [-0.39, 0.29) is 6.10 Å². The van der Waals surface area contributed by atoms with Crippen molar-refractivity contribution in [1.82, 2.24) is 15.3 Å². The highest BCUT2D eigenvalue weighted by atomic mass is 35.5. The van der Waals surface area contributed by atoms with Gasteiger partial charge in [0.25, 0.3) is 0 Å². The second-order valence-corrected chi connectivity index (χ2v) is 13.8. The molecule has 2 fully saturated rings. The number of nitrogens with zero attached hydrogens (tertiary/aromatic N) is 2. The van der Waals surface area contributed by atoms with E-state index in [4.69, 9.17) is 16.0 Å². The van der Waals surface area contributed by atoms with Crippen LogP contribution in [0.2, 0.25) is 23.2 Å². The largest absolute Gasteiger partial charge is 0.407 e. The second kappa shape index (κ2) is 7.86. The molecule has 1 aromatic heterocycles. The lowest BCUT2D eigenvalue weighted by Gasteiger charge is -2.34. The highest BCUT2D eigenvalue weighted by molar-refractivity contribution is 6.73. The third-order valence-electron chi connectivity index (χ3n) is 7.28. The maximum atomic E-state index is 6.79. The molecule has 2 aliphatic rings. The van der Waals surface area contributed by atoms with Crippen molar-refractivity contribution in [3.8, 4) is 0 Å². The van der Waals surface area contributed by atoms with Gasteiger partial charge in [0.1, 0.15) is 12.4 Å². The monoisotopic (exact) mass is 395 g/mol. The van der Waals surface area contributed by atoms with Crippen LogP contribution in [0.25, 0.3) is 0 Å². The van der Waals surface area contributed by atoms with E-state index >= 15 is 0 Å². The summed E-state index contributed by atoms with van der Waals surface area (Å²) in [6.07, 6.45) is 5.76. The summed E-state index contributed by atoms with van der Waals surface area (Å²) in [5, 5.41) is 4.39. The first-order chi connectivity index (χ1) is 12.4. The van der Waals surface area contributed by atoms with Gasteiger partial charge in [-0.3, -0.25) is 0 Å². The summed E-state index contributed by atoms with van der Waals surface area (Å²) in [7, 11) is -1.75. The smallest absolute Gasteiger partial charge is 0.193 e. The van der Waals surface area contributed by atoms with Crippen LogP contribution < -0.4 is 5.32 Å². The number of halogens is 1. The van der Waals surface area contributed by atoms with E-state index in [1.807, 2.05) is 0 Å². The van der Waals surface area contributed by atoms with Crippen molar-refractivity contribution < 1.29 is 4.43 Å². The number of hydrogen-bond donors (Lipinski definition) is 1. The average molecular weight is 396 g/mol. The zero-order valence-electron chi connectivity index (χ0n) is 16.9. The first-order valence-corrected chi connectivity index (χ1v) is 13.1. The minimum absolute atomic E-state index is 0.0815. The first-order valence-electron chi connectivity index (χ1n) is 10.2. The van der Waals surface area contributed by atoms with Crippen LogP contribution in [0, 0.1) is 17.3 Å². The molecular formula is C20H34ClN3OSi. The molecule has 1 aromatic rings. The third kappa shape index (κ3) is 3.86. The normalized spacial score (nSPS) is 28.0. The van der Waals surface area contributed by atoms with Crippen LogP contribution in [0.5, 0.6) is 0 Å². The molecule has 2 saturated carbocycles. The van der Waals surface area contributed by atoms with Gasteiger partial charge in [0.2, 0.25) is 0 Å². The van der Waals surface area contributed by atoms with E-state index in [9.17, 15) is 0 Å². The minimum Gasteiger partial charge on any atom is -0.407 e. The topological polar surface area (TPSA) is 47.0 Å². The van der Waals surface area contributed by atoms with E-state index in [2.05, 4.69) is 49.9 Å². The van der Waals surface area contributed by atoms with Gasteiger partial charge in [-0.2, -0.15) is 0 Å². The van der Waals surface area contributed by atoms with E-state index in [1.54, 1.807) is 12.5 Å². The fourth-order valence-corrected chi connectivity index (χ4v) is 8.02. The Bertz CT molecular complexity index is 601. The lowest BCUT2D eigenvalue weighted by Crippen LogP contribution is -2.41. The van der Waals surface area contributed by atoms with Crippen LogP contribution in [-0.4, -0.2) is 30.9 Å². The number of hydrogen-bond acceptors (Lipinski definition) is 4. The summed E-state index contributed by atoms with van der Waals surface area (Å²) < 4.78 is 6.79. The molecule has 146 valence electrons. The van der Waals surface area contributed by atoms with Gasteiger partial charge in [-0.25, -0.2) is 9.97 Å². The predicted molar refractivity (Wildman–Crippen MR) is 110 cm³/mol. The average Bonchev–Trinajstić information content (AvgIpc) is 2.99. The molecule has 0 radical (unpaired) electrons. The Labute approximate surface area is 164 Å². The van der Waals surface area contributed by atoms with Crippen LogP contribution in [0.15, 0.2) is 12.5 Å². The standard InChI is InChI=1S/C20H34ClN3OSi/c1-6-26(7-2,8-3)25-18(19-17(21)11-22-13-24-19)12-23-14-9-15-16(10-14)20(15,4)5/h11,13-16,18,23H,6-10,12H2,1-5H3. The molecule has 0 aromatic carbocycles. The lowest BCUT2D eigenvalue weighted by molar-refractivity contribution is 0.174. The van der Waals surface area contributed by atoms with Crippen molar-refractivity contribution in [3.05, 3.63) is 23.2 Å². The van der Waals surface area contributed by atoms with Crippen LogP contribution in [-0.2, 0) is 4.43 Å². The van der Waals surface area contributed by atoms with Gasteiger partial charge < -0.3 is 9.74 Å². The Kier molecular flexibility index (Phi) is 6.12. The minimum atomic E-state index is -1.75. The molecule has 4 nitrogen and oxygen atoms in total. The van der Waals surface area contributed by atoms with E-state index in [0.717, 1.165) is 42.2 Å². The molecule has 6 heteroatoms. The molecule has 0 bridgehead atoms. The third-order valence-corrected chi connectivity index (χ3v) is 12.2. The molecule has 3 atom stereocenters. The Hall–Kier alpha value is -0.493. The molecule has 1 heterocycles. The Morgan fingerprint density at radius 2 is 1.85 bits per heavy atom. The summed E-state index contributed by atoms with van der Waals surface area (Å²) in [4.78, 5) is 8.52. The zero-order chi connectivity index (χ0) is 18.9. The maximum absolute atomic E-state index is 6.79. The number of aromatic nitrogens is 2. The molecule has 3 unspecified atom stereocenters. The molecule has 1 N–H and O–H groups in total. The van der Waals surface area contributed by atoms with Gasteiger partial charge in [0, 0.05) is 18.8 Å². The van der Waals surface area contributed by atoms with Crippen molar-refractivity contribution in [2.75, 3.05) is 6.54 Å². The van der Waals surface area contributed by atoms with Gasteiger partial charge >= 0.3 is 0 Å². The van der Waals surface area contributed by atoms with Gasteiger partial charge in [-0.15, -0.1) is 0 Å². The van der Waals surface area contributed by atoms with Crippen molar-refractivity contribution >= 4 is 19.9 Å². The number of rotatable bonds is 9. The second-order valence-electron chi connectivity index (χ2n) is 8.72. The van der Waals surface area contributed by atoms with Crippen LogP contribution in [0.3, 0.4) is 0 Å². The highest BCUT2D eigenvalue weighted by Gasteiger charge is 2.61. The molecule has 0 spiro atoms. The summed E-state index contributed by atoms with van der Waals surface area (Å²) in [5.41, 5.74) is 1.41. The Morgan fingerprint density at radius 3 is 2.38 bits per heavy atom. The van der Waals surface area contributed by atoms with Gasteiger partial charge in [-0.05, 0) is 48.2 Å². The van der Waals surface area contributed by atoms with Crippen molar-refractivity contribution in [3.63, 3.8) is 0 Å². The van der Waals surface area contributed by atoms with Crippen LogP contribution in [0.4, 0.5) is 0 Å². The summed E-state index contributed by atoms with van der Waals surface area (Å²) in [6, 6.07) is 3.98. The fourth-order valence-electron chi connectivity index (χ4n) is 5.00. The molecule has 0 saturated heterocycles. The summed E-state index contributed by atoms with van der Waals surface area (Å²) in [6.45, 7) is 12.4. The Morgan fingerprint density at radius 1 is 1.23 bits per heavy atom. The Balaban J connectivity index is 1.69. The fraction of sp³-hybridized carbons (Fsp3) is 0.800. The zero-order valence-corrected chi connectivity index (χ0v) is 18.6. The van der Waals surface area contributed by atoms with Gasteiger partial charge in [0.15, 0.2) is 8.32 Å². The molecule has 26 heavy (non-hydrogen) atoms. The van der Waals surface area contributed by atoms with Gasteiger partial charge in [-0.1, -0.05) is 46.2 Å². The number of fused-ring (bicyclic) bond motifs is 1. The van der Waals surface area contributed by atoms with Gasteiger partial charge in [0.05, 0.1) is 10.7 Å². The molecule has 3 rings (SSSR count). The molecule has 0 aliphatic heterocycles. The van der Waals surface area contributed by atoms with Crippen molar-refractivity contribution in [1.29, 1.82) is 0 Å². The number of nitrogens with one attached hydrogen (secondary N) is 1. The van der Waals surface area contributed by atoms with E-state index in [0.29, 0.717) is 16.5 Å². The molecule has 0 amide bonds. The van der Waals surface area contributed by atoms with Crippen molar-refractivity contribution in [2.45, 2.75) is 77.7 Å². The van der Waals surface area contributed by atoms with Crippen LogP contribution in [0.1, 0.15) is 59.3 Å². The highest BCUT2D eigenvalue weighted by Crippen LogP contribution is 2.66. The van der Waals surface area contributed by atoms with Crippen molar-refractivity contribution in [2.24, 2.45) is 17.3 Å². The quantitative estimate of drug-likeness (QED) is 0.582. The lowest BCUT2D eigenvalue weighted by atomic mass is 9.98. The summed E-state index contributed by atoms with van der Waals surface area (Å²) >= 11 is 6.42. The van der Waals surface area contributed by atoms with E-state index in [1.165, 1.54) is 12.8 Å². The summed E-state index contributed by atoms with van der Waals surface area (Å²) in [5.74, 6) is 1.80. The molecule has 2 aliphatic carbocycles. The SMILES string of the molecule is CC[Si](CC)(CC)OC(CNC1CC2C(C1)C2(C)C)c1ncncc1Cl. The maximum Gasteiger partial charge on any atom is 0.193 e. The molecular weight excluding hydrogens is 362 g/mol.